The van der Waals surface area contributed by atoms with Gasteiger partial charge in [0.2, 0.25) is 0 Å². The van der Waals surface area contributed by atoms with E-state index < -0.39 is 172 Å². The molecule has 3 saturated heterocycles. The highest BCUT2D eigenvalue weighted by Crippen LogP contribution is 2.39. The first-order valence-corrected chi connectivity index (χ1v) is 37.3. The summed E-state index contributed by atoms with van der Waals surface area (Å²) < 4.78 is 103. The topological polar surface area (TPSA) is 318 Å². The lowest BCUT2D eigenvalue weighted by Crippen LogP contribution is -2.68. The van der Waals surface area contributed by atoms with Crippen molar-refractivity contribution < 1.29 is 124 Å². The number of rotatable bonds is 35. The highest BCUT2D eigenvalue weighted by atomic mass is 16.8. The predicted molar refractivity (Wildman–Crippen MR) is 404 cm³/mol. The van der Waals surface area contributed by atoms with Crippen LogP contribution < -0.4 is 0 Å². The summed E-state index contributed by atoms with van der Waals surface area (Å²) in [5.41, 5.74) is 0.0576. The molecular formula is C88H86O26. The Kier molecular flexibility index (Phi) is 30.6. The van der Waals surface area contributed by atoms with Crippen molar-refractivity contribution in [2.45, 2.75) is 151 Å². The third kappa shape index (κ3) is 23.1. The van der Waals surface area contributed by atoms with Crippen molar-refractivity contribution in [1.29, 1.82) is 0 Å². The third-order valence-corrected chi connectivity index (χ3v) is 18.5. The molecule has 0 bridgehead atoms. The summed E-state index contributed by atoms with van der Waals surface area (Å²) in [4.78, 5) is 144. The summed E-state index contributed by atoms with van der Waals surface area (Å²) in [7, 11) is 0. The van der Waals surface area contributed by atoms with Crippen LogP contribution in [-0.2, 0) is 85.4 Å². The molecule has 26 heteroatoms. The number of hydrogen-bond acceptors (Lipinski definition) is 26. The van der Waals surface area contributed by atoms with Crippen molar-refractivity contribution in [2.75, 3.05) is 26.4 Å². The molecule has 3 heterocycles. The van der Waals surface area contributed by atoms with Crippen LogP contribution in [-0.4, -0.2) is 178 Å². The fourth-order valence-corrected chi connectivity index (χ4v) is 12.9. The molecule has 0 radical (unpaired) electrons. The number of hydrogen-bond donors (Lipinski definition) is 0. The standard InChI is InChI=1S/C88H86O26/c1-4-5-6-7-8-9-10-35-52-99-86-75(104-57(3)90)74(114-88-77(113-85(98)65-50-33-18-34-51-65)73(111-83(96)63-46-29-16-30-47-63)71(109-81(94)61-42-25-14-26-43-61)67(107-88)54-101-79(92)59-38-21-12-22-39-59)69(103-56(2)89)68(105-86)55-102-87-76(112-84(97)64-48-31-17-32-49-64)72(110-82(95)62-44-27-15-28-45-62)70(108-80(93)60-40-23-13-24-41-60)66(106-87)53-100-78(91)58-36-19-11-20-37-58/h4,11-34,36-51,66-77,86-88H,1,5-10,35,52-55H2,2-3H3. The second kappa shape index (κ2) is 42.0. The average Bonchev–Trinajstić information content (AvgIpc) is 0.767. The first kappa shape index (κ1) is 82.9. The summed E-state index contributed by atoms with van der Waals surface area (Å²) >= 11 is 0. The van der Waals surface area contributed by atoms with Gasteiger partial charge in [-0.05, 0) is 116 Å². The van der Waals surface area contributed by atoms with E-state index in [4.69, 9.17) is 75.8 Å². The van der Waals surface area contributed by atoms with Crippen molar-refractivity contribution in [3.63, 3.8) is 0 Å². The zero-order valence-corrected chi connectivity index (χ0v) is 62.4. The second-order valence-electron chi connectivity index (χ2n) is 26.6. The molecule has 8 aromatic carbocycles. The van der Waals surface area contributed by atoms with E-state index in [1.165, 1.54) is 97.1 Å². The number of benzene rings is 8. The molecule has 3 aliphatic heterocycles. The van der Waals surface area contributed by atoms with Crippen molar-refractivity contribution in [2.24, 2.45) is 0 Å². The number of esters is 10. The van der Waals surface area contributed by atoms with Gasteiger partial charge in [0, 0.05) is 20.5 Å². The van der Waals surface area contributed by atoms with E-state index in [2.05, 4.69) is 6.58 Å². The highest BCUT2D eigenvalue weighted by Gasteiger charge is 2.60. The van der Waals surface area contributed by atoms with Crippen LogP contribution in [0, 0.1) is 0 Å². The monoisotopic (exact) mass is 1560 g/mol. The maximum Gasteiger partial charge on any atom is 0.338 e. The van der Waals surface area contributed by atoms with Crippen LogP contribution in [0.15, 0.2) is 255 Å². The van der Waals surface area contributed by atoms with Crippen LogP contribution >= 0.6 is 0 Å². The Bertz CT molecular complexity index is 4470. The first-order chi connectivity index (χ1) is 55.5. The SMILES string of the molecule is C=CCCCCCCCCOC1OC(COC2OC(COC(=O)c3ccccc3)C(OC(=O)c3ccccc3)C(OC(=O)c3ccccc3)C2OC(=O)c2ccccc2)C(OC(C)=O)C(OC2OC(COC(=O)c3ccccc3)C(OC(=O)c3ccccc3)C(OC(=O)c3ccccc3)C2OC(=O)c2ccccc2)C1OC(C)=O. The van der Waals surface area contributed by atoms with E-state index in [-0.39, 0.29) is 51.1 Å². The fourth-order valence-electron chi connectivity index (χ4n) is 12.9. The molecular weight excluding hydrogens is 1470 g/mol. The molecule has 0 aliphatic carbocycles. The van der Waals surface area contributed by atoms with Gasteiger partial charge in [-0.15, -0.1) is 6.58 Å². The van der Waals surface area contributed by atoms with Gasteiger partial charge in [-0.2, -0.15) is 0 Å². The lowest BCUT2D eigenvalue weighted by atomic mass is 9.95. The van der Waals surface area contributed by atoms with Crippen molar-refractivity contribution >= 4 is 59.7 Å². The molecule has 11 rings (SSSR count). The average molecular weight is 1560 g/mol. The van der Waals surface area contributed by atoms with Crippen molar-refractivity contribution in [1.82, 2.24) is 0 Å². The number of ether oxygens (including phenoxy) is 16. The van der Waals surface area contributed by atoms with E-state index in [1.807, 2.05) is 6.08 Å². The van der Waals surface area contributed by atoms with Crippen LogP contribution in [0.4, 0.5) is 0 Å². The van der Waals surface area contributed by atoms with Crippen LogP contribution in [0.1, 0.15) is 142 Å². The minimum atomic E-state index is -2.18. The lowest BCUT2D eigenvalue weighted by Gasteiger charge is -2.49. The molecule has 15 unspecified atom stereocenters. The summed E-state index contributed by atoms with van der Waals surface area (Å²) in [6.45, 7) is 3.37. The normalized spacial score (nSPS) is 23.0. The minimum Gasteiger partial charge on any atom is -0.459 e. The summed E-state index contributed by atoms with van der Waals surface area (Å²) in [6.07, 6.45) is -21.4. The molecule has 15 atom stereocenters. The molecule has 8 aromatic rings. The van der Waals surface area contributed by atoms with E-state index in [0.717, 1.165) is 46.0 Å². The molecule has 0 spiro atoms. The van der Waals surface area contributed by atoms with Gasteiger partial charge in [-0.1, -0.05) is 177 Å². The van der Waals surface area contributed by atoms with E-state index in [0.29, 0.717) is 12.8 Å². The highest BCUT2D eigenvalue weighted by molar-refractivity contribution is 5.94. The van der Waals surface area contributed by atoms with Gasteiger partial charge in [0.15, 0.2) is 67.7 Å². The molecule has 594 valence electrons. The Balaban J connectivity index is 1.04. The molecule has 0 saturated carbocycles. The van der Waals surface area contributed by atoms with E-state index >= 15 is 0 Å². The Labute approximate surface area is 657 Å². The maximum absolute atomic E-state index is 14.9. The quantitative estimate of drug-likeness (QED) is 0.0154. The Morgan fingerprint density at radius 2 is 0.535 bits per heavy atom. The predicted octanol–water partition coefficient (Wildman–Crippen LogP) is 12.4. The van der Waals surface area contributed by atoms with Gasteiger partial charge in [-0.25, -0.2) is 38.4 Å². The first-order valence-electron chi connectivity index (χ1n) is 37.3. The Hall–Kier alpha value is -12.0. The number of carbonyl (C=O) groups excluding carboxylic acids is 10. The van der Waals surface area contributed by atoms with Gasteiger partial charge in [0.1, 0.15) is 37.6 Å². The fraction of sp³-hybridized carbons (Fsp3) is 0.318. The van der Waals surface area contributed by atoms with Crippen molar-refractivity contribution in [3.05, 3.63) is 300 Å². The molecule has 3 fully saturated rings. The Morgan fingerprint density at radius 1 is 0.281 bits per heavy atom. The molecule has 3 aliphatic rings. The zero-order valence-electron chi connectivity index (χ0n) is 62.4. The minimum absolute atomic E-state index is 0.00306. The van der Waals surface area contributed by atoms with Gasteiger partial charge in [-0.3, -0.25) is 9.59 Å². The van der Waals surface area contributed by atoms with Crippen molar-refractivity contribution in [3.8, 4) is 0 Å². The summed E-state index contributed by atoms with van der Waals surface area (Å²) in [5.74, 6) is -9.96. The number of carbonyl (C=O) groups is 10. The van der Waals surface area contributed by atoms with Gasteiger partial charge in [0.25, 0.3) is 0 Å². The number of allylic oxidation sites excluding steroid dienone is 1. The Morgan fingerprint density at radius 3 is 0.877 bits per heavy atom. The van der Waals surface area contributed by atoms with Gasteiger partial charge in [0.05, 0.1) is 51.1 Å². The van der Waals surface area contributed by atoms with Crippen LogP contribution in [0.25, 0.3) is 0 Å². The van der Waals surface area contributed by atoms with Gasteiger partial charge < -0.3 is 75.8 Å². The van der Waals surface area contributed by atoms with Crippen LogP contribution in [0.5, 0.6) is 0 Å². The van der Waals surface area contributed by atoms with E-state index in [1.54, 1.807) is 146 Å². The molecule has 26 nitrogen and oxygen atoms in total. The lowest BCUT2D eigenvalue weighted by molar-refractivity contribution is -0.365. The largest absolute Gasteiger partial charge is 0.459 e. The molecule has 0 aromatic heterocycles. The zero-order chi connectivity index (χ0) is 80.1. The molecule has 0 N–H and O–H groups in total. The number of unbranched alkanes of at least 4 members (excludes halogenated alkanes) is 6. The maximum atomic E-state index is 14.9. The molecule has 0 amide bonds. The smallest absolute Gasteiger partial charge is 0.338 e. The third-order valence-electron chi connectivity index (χ3n) is 18.5. The van der Waals surface area contributed by atoms with Gasteiger partial charge >= 0.3 is 59.7 Å². The second-order valence-corrected chi connectivity index (χ2v) is 26.6. The molecule has 114 heavy (non-hydrogen) atoms. The summed E-state index contributed by atoms with van der Waals surface area (Å²) in [5, 5.41) is 0. The summed E-state index contributed by atoms with van der Waals surface area (Å²) in [6, 6.07) is 61.5. The van der Waals surface area contributed by atoms with E-state index in [9.17, 15) is 47.9 Å². The van der Waals surface area contributed by atoms with Crippen LogP contribution in [0.2, 0.25) is 0 Å². The van der Waals surface area contributed by atoms with Crippen LogP contribution in [0.3, 0.4) is 0 Å².